The van der Waals surface area contributed by atoms with Crippen LogP contribution >= 0.6 is 0 Å². The lowest BCUT2D eigenvalue weighted by Crippen LogP contribution is -2.34. The molecule has 0 aromatic carbocycles. The summed E-state index contributed by atoms with van der Waals surface area (Å²) in [7, 11) is 0. The van der Waals surface area contributed by atoms with Crippen LogP contribution in [-0.2, 0) is 6.54 Å². The van der Waals surface area contributed by atoms with Crippen LogP contribution in [0.3, 0.4) is 0 Å². The van der Waals surface area contributed by atoms with Crippen LogP contribution in [0.15, 0.2) is 18.3 Å². The van der Waals surface area contributed by atoms with Crippen molar-refractivity contribution in [1.29, 1.82) is 0 Å². The molecule has 88 valence electrons. The molecule has 1 aromatic rings. The number of nitrogens with two attached hydrogens (primary N) is 1. The van der Waals surface area contributed by atoms with E-state index in [-0.39, 0.29) is 0 Å². The van der Waals surface area contributed by atoms with Crippen molar-refractivity contribution in [1.82, 2.24) is 9.88 Å². The first kappa shape index (κ1) is 11.3. The van der Waals surface area contributed by atoms with E-state index < -0.39 is 12.5 Å². The van der Waals surface area contributed by atoms with Crippen LogP contribution in [0.5, 0.6) is 0 Å². The Morgan fingerprint density at radius 2 is 2.38 bits per heavy atom. The van der Waals surface area contributed by atoms with Gasteiger partial charge in [0.15, 0.2) is 0 Å². The number of aromatic nitrogens is 1. The Kier molecular flexibility index (Phi) is 3.33. The summed E-state index contributed by atoms with van der Waals surface area (Å²) in [5, 5.41) is 0. The van der Waals surface area contributed by atoms with Gasteiger partial charge < -0.3 is 5.73 Å². The highest BCUT2D eigenvalue weighted by molar-refractivity contribution is 5.31. The van der Waals surface area contributed by atoms with Gasteiger partial charge in [0.1, 0.15) is 5.82 Å². The summed E-state index contributed by atoms with van der Waals surface area (Å²) in [5.74, 6) is 0.435. The van der Waals surface area contributed by atoms with E-state index in [4.69, 9.17) is 5.73 Å². The maximum absolute atomic E-state index is 12.7. The van der Waals surface area contributed by atoms with Crippen LogP contribution in [0.2, 0.25) is 0 Å². The summed E-state index contributed by atoms with van der Waals surface area (Å²) in [6.45, 7) is 1.26. The van der Waals surface area contributed by atoms with Gasteiger partial charge in [0, 0.05) is 12.7 Å². The average Bonchev–Trinajstić information content (AvgIpc) is 2.66. The smallest absolute Gasteiger partial charge is 0.253 e. The van der Waals surface area contributed by atoms with Gasteiger partial charge in [-0.1, -0.05) is 0 Å². The second-order valence-corrected chi connectivity index (χ2v) is 4.10. The Bertz CT molecular complexity index is 357. The molecule has 2 rings (SSSR count). The van der Waals surface area contributed by atoms with Gasteiger partial charge in [0.2, 0.25) is 0 Å². The molecule has 2 heterocycles. The van der Waals surface area contributed by atoms with Gasteiger partial charge in [0.05, 0.1) is 6.04 Å². The van der Waals surface area contributed by atoms with E-state index in [1.54, 1.807) is 12.3 Å². The second-order valence-electron chi connectivity index (χ2n) is 4.10. The number of hydrogen-bond donors (Lipinski definition) is 1. The molecule has 1 atom stereocenters. The van der Waals surface area contributed by atoms with E-state index in [0.717, 1.165) is 18.5 Å². The number of anilines is 1. The fourth-order valence-corrected chi connectivity index (χ4v) is 2.16. The molecule has 1 aliphatic rings. The molecule has 0 unspecified atom stereocenters. The molecule has 0 saturated carbocycles. The summed E-state index contributed by atoms with van der Waals surface area (Å²) in [5.41, 5.74) is 6.49. The molecule has 0 amide bonds. The fraction of sp³-hybridized carbons (Fsp3) is 0.545. The molecule has 3 nitrogen and oxygen atoms in total. The molecule has 0 radical (unpaired) electrons. The Labute approximate surface area is 93.3 Å². The maximum atomic E-state index is 12.7. The van der Waals surface area contributed by atoms with E-state index in [0.29, 0.717) is 18.8 Å². The van der Waals surface area contributed by atoms with Crippen molar-refractivity contribution in [2.75, 3.05) is 12.3 Å². The van der Waals surface area contributed by atoms with Crippen LogP contribution in [0, 0.1) is 0 Å². The number of pyridine rings is 1. The van der Waals surface area contributed by atoms with Gasteiger partial charge in [-0.25, -0.2) is 13.8 Å². The van der Waals surface area contributed by atoms with E-state index in [1.807, 2.05) is 11.0 Å². The molecule has 0 bridgehead atoms. The zero-order valence-corrected chi connectivity index (χ0v) is 8.94. The third-order valence-electron chi connectivity index (χ3n) is 2.94. The largest absolute Gasteiger partial charge is 0.384 e. The van der Waals surface area contributed by atoms with Crippen molar-refractivity contribution in [3.8, 4) is 0 Å². The van der Waals surface area contributed by atoms with E-state index >= 15 is 0 Å². The van der Waals surface area contributed by atoms with Crippen LogP contribution in [-0.4, -0.2) is 28.9 Å². The van der Waals surface area contributed by atoms with Gasteiger partial charge >= 0.3 is 0 Å². The van der Waals surface area contributed by atoms with Gasteiger partial charge in [-0.3, -0.25) is 4.90 Å². The van der Waals surface area contributed by atoms with Gasteiger partial charge in [-0.2, -0.15) is 0 Å². The number of rotatable bonds is 3. The van der Waals surface area contributed by atoms with Crippen LogP contribution in [0.4, 0.5) is 14.6 Å². The first-order chi connectivity index (χ1) is 7.66. The van der Waals surface area contributed by atoms with Crippen LogP contribution < -0.4 is 5.73 Å². The van der Waals surface area contributed by atoms with Gasteiger partial charge in [-0.05, 0) is 37.1 Å². The summed E-state index contributed by atoms with van der Waals surface area (Å²) in [6.07, 6.45) is 0.771. The summed E-state index contributed by atoms with van der Waals surface area (Å²) in [4.78, 5) is 5.70. The van der Waals surface area contributed by atoms with Crippen LogP contribution in [0.1, 0.15) is 18.4 Å². The maximum Gasteiger partial charge on any atom is 0.253 e. The monoisotopic (exact) mass is 227 g/mol. The minimum absolute atomic E-state index is 0.435. The zero-order chi connectivity index (χ0) is 11.5. The Balaban J connectivity index is 2.04. The van der Waals surface area contributed by atoms with E-state index in [1.165, 1.54) is 0 Å². The lowest BCUT2D eigenvalue weighted by molar-refractivity contribution is 0.0440. The van der Waals surface area contributed by atoms with Crippen molar-refractivity contribution in [2.45, 2.75) is 31.9 Å². The molecule has 1 saturated heterocycles. The number of likely N-dealkylation sites (tertiary alicyclic amines) is 1. The topological polar surface area (TPSA) is 42.1 Å². The van der Waals surface area contributed by atoms with Crippen molar-refractivity contribution in [3.63, 3.8) is 0 Å². The molecule has 1 aromatic heterocycles. The minimum atomic E-state index is -2.26. The molecule has 1 aliphatic heterocycles. The van der Waals surface area contributed by atoms with Crippen LogP contribution in [0.25, 0.3) is 0 Å². The predicted octanol–water partition coefficient (Wildman–Crippen LogP) is 1.89. The summed E-state index contributed by atoms with van der Waals surface area (Å²) in [6, 6.07) is 2.95. The lowest BCUT2D eigenvalue weighted by atomic mass is 10.2. The molecule has 1 fully saturated rings. The molecular weight excluding hydrogens is 212 g/mol. The number of nitrogen functional groups attached to an aromatic ring is 1. The third kappa shape index (κ3) is 2.47. The molecule has 16 heavy (non-hydrogen) atoms. The number of alkyl halides is 2. The Hall–Kier alpha value is -1.23. The molecule has 5 heteroatoms. The van der Waals surface area contributed by atoms with Gasteiger partial charge in [-0.15, -0.1) is 0 Å². The first-order valence-corrected chi connectivity index (χ1v) is 5.39. The SMILES string of the molecule is Nc1cc(CN2CCC[C@@H]2C(F)F)ccn1. The molecule has 0 aliphatic carbocycles. The first-order valence-electron chi connectivity index (χ1n) is 5.39. The summed E-state index contributed by atoms with van der Waals surface area (Å²) < 4.78 is 25.4. The van der Waals surface area contributed by atoms with Crippen molar-refractivity contribution in [3.05, 3.63) is 23.9 Å². The average molecular weight is 227 g/mol. The molecule has 2 N–H and O–H groups in total. The molecule has 0 spiro atoms. The second kappa shape index (κ2) is 4.74. The summed E-state index contributed by atoms with van der Waals surface area (Å²) >= 11 is 0. The molecular formula is C11H15F2N3. The highest BCUT2D eigenvalue weighted by Crippen LogP contribution is 2.24. The van der Waals surface area contributed by atoms with E-state index in [9.17, 15) is 8.78 Å². The fourth-order valence-electron chi connectivity index (χ4n) is 2.16. The van der Waals surface area contributed by atoms with Crippen molar-refractivity contribution < 1.29 is 8.78 Å². The number of halogens is 2. The quantitative estimate of drug-likeness (QED) is 0.857. The normalized spacial score (nSPS) is 21.8. The third-order valence-corrected chi connectivity index (χ3v) is 2.94. The Morgan fingerprint density at radius 3 is 3.06 bits per heavy atom. The van der Waals surface area contributed by atoms with E-state index in [2.05, 4.69) is 4.98 Å². The van der Waals surface area contributed by atoms with Crippen molar-refractivity contribution >= 4 is 5.82 Å². The minimum Gasteiger partial charge on any atom is -0.384 e. The number of hydrogen-bond acceptors (Lipinski definition) is 3. The van der Waals surface area contributed by atoms with Crippen molar-refractivity contribution in [2.24, 2.45) is 0 Å². The predicted molar refractivity (Wildman–Crippen MR) is 58.1 cm³/mol. The Morgan fingerprint density at radius 1 is 1.56 bits per heavy atom. The highest BCUT2D eigenvalue weighted by Gasteiger charge is 2.31. The lowest BCUT2D eigenvalue weighted by Gasteiger charge is -2.23. The highest BCUT2D eigenvalue weighted by atomic mass is 19.3. The van der Waals surface area contributed by atoms with Gasteiger partial charge in [0.25, 0.3) is 6.43 Å². The zero-order valence-electron chi connectivity index (χ0n) is 8.94. The standard InChI is InChI=1S/C11H15F2N3/c12-11(13)9-2-1-5-16(9)7-8-3-4-15-10(14)6-8/h3-4,6,9,11H,1-2,5,7H2,(H2,14,15)/t9-/m1/s1. The number of nitrogens with zero attached hydrogens (tertiary/aromatic N) is 2.